The molecule has 4 nitrogen and oxygen atoms in total. The Morgan fingerprint density at radius 1 is 1.35 bits per heavy atom. The van der Waals surface area contributed by atoms with Gasteiger partial charge in [0.25, 0.3) is 0 Å². The van der Waals surface area contributed by atoms with Crippen LogP contribution in [-0.4, -0.2) is 14.5 Å². The maximum Gasteiger partial charge on any atom is 0.240 e. The monoisotopic (exact) mass is 254 g/mol. The van der Waals surface area contributed by atoms with Crippen molar-refractivity contribution in [3.8, 4) is 0 Å². The van der Waals surface area contributed by atoms with E-state index >= 15 is 0 Å². The lowest BCUT2D eigenvalue weighted by molar-refractivity contribution is 0.530. The second-order valence-corrected chi connectivity index (χ2v) is 6.48. The van der Waals surface area contributed by atoms with E-state index in [4.69, 9.17) is 5.73 Å². The summed E-state index contributed by atoms with van der Waals surface area (Å²) in [6.07, 6.45) is 3.38. The third kappa shape index (κ3) is 3.44. The van der Waals surface area contributed by atoms with E-state index in [0.717, 1.165) is 6.42 Å². The number of rotatable bonds is 5. The van der Waals surface area contributed by atoms with Gasteiger partial charge in [-0.2, -0.15) is 0 Å². The first kappa shape index (κ1) is 12.4. The Balaban J connectivity index is 2.04. The van der Waals surface area contributed by atoms with Crippen LogP contribution in [0.25, 0.3) is 0 Å². The molecule has 17 heavy (non-hydrogen) atoms. The van der Waals surface area contributed by atoms with Gasteiger partial charge >= 0.3 is 0 Å². The Hall–Kier alpha value is -1.07. The first-order valence-electron chi connectivity index (χ1n) is 5.85. The quantitative estimate of drug-likeness (QED) is 0.786. The van der Waals surface area contributed by atoms with Gasteiger partial charge in [0.2, 0.25) is 10.0 Å². The summed E-state index contributed by atoms with van der Waals surface area (Å²) in [7, 11) is -3.40. The van der Waals surface area contributed by atoms with Gasteiger partial charge in [-0.05, 0) is 43.5 Å². The van der Waals surface area contributed by atoms with Crippen LogP contribution >= 0.6 is 0 Å². The van der Waals surface area contributed by atoms with Crippen LogP contribution in [-0.2, 0) is 10.0 Å². The normalized spacial score (nSPS) is 17.9. The molecule has 5 heteroatoms. The number of hydrogen-bond acceptors (Lipinski definition) is 3. The summed E-state index contributed by atoms with van der Waals surface area (Å²) < 4.78 is 26.7. The Morgan fingerprint density at radius 3 is 2.47 bits per heavy atom. The molecule has 1 aliphatic carbocycles. The molecule has 1 aromatic rings. The van der Waals surface area contributed by atoms with Crippen LogP contribution in [0.2, 0.25) is 0 Å². The highest BCUT2D eigenvalue weighted by molar-refractivity contribution is 7.89. The van der Waals surface area contributed by atoms with Crippen LogP contribution in [0.5, 0.6) is 0 Å². The van der Waals surface area contributed by atoms with Crippen molar-refractivity contribution in [3.05, 3.63) is 24.3 Å². The molecule has 1 saturated carbocycles. The van der Waals surface area contributed by atoms with Crippen molar-refractivity contribution in [2.24, 2.45) is 5.92 Å². The summed E-state index contributed by atoms with van der Waals surface area (Å²) in [5, 5.41) is 0. The zero-order valence-corrected chi connectivity index (χ0v) is 10.7. The van der Waals surface area contributed by atoms with Crippen molar-refractivity contribution in [2.75, 3.05) is 5.73 Å². The van der Waals surface area contributed by atoms with Gasteiger partial charge in [0.05, 0.1) is 4.90 Å². The molecule has 0 saturated heterocycles. The van der Waals surface area contributed by atoms with E-state index in [0.29, 0.717) is 11.6 Å². The van der Waals surface area contributed by atoms with E-state index in [1.165, 1.54) is 25.0 Å². The predicted molar refractivity (Wildman–Crippen MR) is 68.0 cm³/mol. The molecule has 1 fully saturated rings. The Labute approximate surface area is 102 Å². The number of anilines is 1. The Kier molecular flexibility index (Phi) is 3.40. The fourth-order valence-electron chi connectivity index (χ4n) is 1.88. The maximum atomic E-state index is 12.0. The van der Waals surface area contributed by atoms with Crippen LogP contribution in [0, 0.1) is 5.92 Å². The van der Waals surface area contributed by atoms with Gasteiger partial charge in [0, 0.05) is 11.7 Å². The van der Waals surface area contributed by atoms with E-state index in [2.05, 4.69) is 4.72 Å². The molecule has 1 aromatic carbocycles. The molecule has 0 radical (unpaired) electrons. The van der Waals surface area contributed by atoms with Crippen molar-refractivity contribution < 1.29 is 8.42 Å². The summed E-state index contributed by atoms with van der Waals surface area (Å²) in [5.74, 6) is 0.708. The third-order valence-corrected chi connectivity index (χ3v) is 4.54. The molecule has 0 heterocycles. The Bertz CT molecular complexity index is 478. The predicted octanol–water partition coefficient (Wildman–Crippen LogP) is 1.74. The second kappa shape index (κ2) is 4.66. The minimum atomic E-state index is -3.40. The van der Waals surface area contributed by atoms with Gasteiger partial charge in [-0.1, -0.05) is 12.8 Å². The molecule has 1 aliphatic rings. The summed E-state index contributed by atoms with van der Waals surface area (Å²) >= 11 is 0. The molecule has 0 aliphatic heterocycles. The molecular formula is C12H18N2O2S. The average Bonchev–Trinajstić information content (AvgIpc) is 3.01. The average molecular weight is 254 g/mol. The minimum Gasteiger partial charge on any atom is -0.399 e. The van der Waals surface area contributed by atoms with Gasteiger partial charge in [-0.3, -0.25) is 0 Å². The fraction of sp³-hybridized carbons (Fsp3) is 0.500. The van der Waals surface area contributed by atoms with E-state index < -0.39 is 10.0 Å². The van der Waals surface area contributed by atoms with Crippen LogP contribution in [0.1, 0.15) is 26.2 Å². The summed E-state index contributed by atoms with van der Waals surface area (Å²) in [6.45, 7) is 1.91. The van der Waals surface area contributed by atoms with E-state index in [-0.39, 0.29) is 10.9 Å². The van der Waals surface area contributed by atoms with Crippen molar-refractivity contribution in [2.45, 2.75) is 37.1 Å². The molecule has 0 aromatic heterocycles. The van der Waals surface area contributed by atoms with Crippen molar-refractivity contribution in [1.29, 1.82) is 0 Å². The highest BCUT2D eigenvalue weighted by Gasteiger charge is 2.26. The third-order valence-electron chi connectivity index (χ3n) is 2.93. The fourth-order valence-corrected chi connectivity index (χ4v) is 3.14. The summed E-state index contributed by atoms with van der Waals surface area (Å²) in [6, 6.07) is 6.24. The highest BCUT2D eigenvalue weighted by Crippen LogP contribution is 2.33. The zero-order valence-electron chi connectivity index (χ0n) is 9.89. The highest BCUT2D eigenvalue weighted by atomic mass is 32.2. The SMILES string of the molecule is CC(CC1CC1)NS(=O)(=O)c1ccc(N)cc1. The van der Waals surface area contributed by atoms with E-state index in [9.17, 15) is 8.42 Å². The summed E-state index contributed by atoms with van der Waals surface area (Å²) in [4.78, 5) is 0.273. The smallest absolute Gasteiger partial charge is 0.240 e. The Morgan fingerprint density at radius 2 is 1.94 bits per heavy atom. The first-order valence-corrected chi connectivity index (χ1v) is 7.33. The maximum absolute atomic E-state index is 12.0. The lowest BCUT2D eigenvalue weighted by atomic mass is 10.2. The molecule has 1 unspecified atom stereocenters. The first-order chi connectivity index (χ1) is 7.97. The van der Waals surface area contributed by atoms with Gasteiger partial charge < -0.3 is 5.73 Å². The van der Waals surface area contributed by atoms with E-state index in [1.807, 2.05) is 6.92 Å². The topological polar surface area (TPSA) is 72.2 Å². The number of benzene rings is 1. The van der Waals surface area contributed by atoms with Crippen LogP contribution in [0.3, 0.4) is 0 Å². The van der Waals surface area contributed by atoms with Gasteiger partial charge in [0.15, 0.2) is 0 Å². The molecule has 0 spiro atoms. The number of nitrogens with one attached hydrogen (secondary N) is 1. The summed E-state index contributed by atoms with van der Waals surface area (Å²) in [5.41, 5.74) is 6.09. The van der Waals surface area contributed by atoms with Gasteiger partial charge in [-0.15, -0.1) is 0 Å². The molecule has 3 N–H and O–H groups in total. The number of sulfonamides is 1. The largest absolute Gasteiger partial charge is 0.399 e. The number of hydrogen-bond donors (Lipinski definition) is 2. The van der Waals surface area contributed by atoms with Crippen molar-refractivity contribution >= 4 is 15.7 Å². The standard InChI is InChI=1S/C12H18N2O2S/c1-9(8-10-2-3-10)14-17(15,16)12-6-4-11(13)5-7-12/h4-7,9-10,14H,2-3,8,13H2,1H3. The molecule has 94 valence electrons. The molecule has 0 amide bonds. The van der Waals surface area contributed by atoms with Gasteiger partial charge in [0.1, 0.15) is 0 Å². The zero-order chi connectivity index (χ0) is 12.5. The molecule has 1 atom stereocenters. The van der Waals surface area contributed by atoms with Crippen molar-refractivity contribution in [3.63, 3.8) is 0 Å². The van der Waals surface area contributed by atoms with Crippen LogP contribution in [0.15, 0.2) is 29.2 Å². The number of nitrogen functional groups attached to an aromatic ring is 1. The second-order valence-electron chi connectivity index (χ2n) is 4.77. The minimum absolute atomic E-state index is 0.00921. The lowest BCUT2D eigenvalue weighted by Crippen LogP contribution is -2.32. The lowest BCUT2D eigenvalue weighted by Gasteiger charge is -2.13. The van der Waals surface area contributed by atoms with Crippen molar-refractivity contribution in [1.82, 2.24) is 4.72 Å². The van der Waals surface area contributed by atoms with Crippen LogP contribution < -0.4 is 10.5 Å². The van der Waals surface area contributed by atoms with Crippen LogP contribution in [0.4, 0.5) is 5.69 Å². The number of nitrogens with two attached hydrogens (primary N) is 1. The molecule has 0 bridgehead atoms. The molecular weight excluding hydrogens is 236 g/mol. The van der Waals surface area contributed by atoms with E-state index in [1.54, 1.807) is 12.1 Å². The molecule has 2 rings (SSSR count). The van der Waals surface area contributed by atoms with Gasteiger partial charge in [-0.25, -0.2) is 13.1 Å².